The van der Waals surface area contributed by atoms with Gasteiger partial charge < -0.3 is 0 Å². The minimum Gasteiger partial charge on any atom is -0.0925 e. The van der Waals surface area contributed by atoms with Crippen LogP contribution in [0.1, 0.15) is 12.0 Å². The standard InChI is InChI=1S/C10H9Br2Cl/c11-6-2-1-3-8-7-9(13)4-5-10(8)12/h1,3-5,7H,2,6H2. The van der Waals surface area contributed by atoms with Crippen LogP contribution in [0.4, 0.5) is 0 Å². The van der Waals surface area contributed by atoms with E-state index < -0.39 is 0 Å². The quantitative estimate of drug-likeness (QED) is 0.694. The zero-order valence-corrected chi connectivity index (χ0v) is 10.9. The van der Waals surface area contributed by atoms with Crippen LogP contribution in [0.5, 0.6) is 0 Å². The zero-order chi connectivity index (χ0) is 9.68. The van der Waals surface area contributed by atoms with Crippen LogP contribution in [0.2, 0.25) is 5.02 Å². The SMILES string of the molecule is Clc1ccc(Br)c(C=CCCBr)c1. The van der Waals surface area contributed by atoms with Gasteiger partial charge in [0.15, 0.2) is 0 Å². The highest BCUT2D eigenvalue weighted by molar-refractivity contribution is 9.10. The Bertz CT molecular complexity index is 308. The van der Waals surface area contributed by atoms with Crippen LogP contribution in [0.15, 0.2) is 28.7 Å². The smallest absolute Gasteiger partial charge is 0.0412 e. The largest absolute Gasteiger partial charge is 0.0925 e. The van der Waals surface area contributed by atoms with E-state index in [0.717, 1.165) is 26.8 Å². The summed E-state index contributed by atoms with van der Waals surface area (Å²) < 4.78 is 1.07. The van der Waals surface area contributed by atoms with E-state index in [4.69, 9.17) is 11.6 Å². The molecule has 13 heavy (non-hydrogen) atoms. The fourth-order valence-corrected chi connectivity index (χ4v) is 1.74. The first-order chi connectivity index (χ1) is 6.24. The molecule has 3 heteroatoms. The van der Waals surface area contributed by atoms with Gasteiger partial charge in [0, 0.05) is 14.8 Å². The summed E-state index contributed by atoms with van der Waals surface area (Å²) in [6, 6.07) is 5.76. The molecule has 0 radical (unpaired) electrons. The van der Waals surface area contributed by atoms with Crippen molar-refractivity contribution in [1.82, 2.24) is 0 Å². The molecule has 0 heterocycles. The van der Waals surface area contributed by atoms with E-state index in [1.54, 1.807) is 0 Å². The van der Waals surface area contributed by atoms with Gasteiger partial charge in [0.25, 0.3) is 0 Å². The lowest BCUT2D eigenvalue weighted by molar-refractivity contribution is 1.27. The predicted molar refractivity (Wildman–Crippen MR) is 66.6 cm³/mol. The van der Waals surface area contributed by atoms with Crippen LogP contribution in [0.25, 0.3) is 6.08 Å². The van der Waals surface area contributed by atoms with Crippen molar-refractivity contribution in [2.75, 3.05) is 5.33 Å². The molecule has 0 atom stereocenters. The molecule has 0 fully saturated rings. The molecule has 70 valence electrons. The van der Waals surface area contributed by atoms with Crippen molar-refractivity contribution in [2.24, 2.45) is 0 Å². The molecule has 0 aliphatic heterocycles. The van der Waals surface area contributed by atoms with Crippen molar-refractivity contribution >= 4 is 49.5 Å². The maximum atomic E-state index is 5.87. The van der Waals surface area contributed by atoms with E-state index >= 15 is 0 Å². The van der Waals surface area contributed by atoms with Gasteiger partial charge in [-0.15, -0.1) is 0 Å². The van der Waals surface area contributed by atoms with Gasteiger partial charge in [0.1, 0.15) is 0 Å². The normalized spacial score (nSPS) is 11.0. The molecular formula is C10H9Br2Cl. The van der Waals surface area contributed by atoms with Crippen LogP contribution in [-0.2, 0) is 0 Å². The van der Waals surface area contributed by atoms with E-state index in [0.29, 0.717) is 0 Å². The Hall–Kier alpha value is 0.210. The third kappa shape index (κ3) is 3.84. The lowest BCUT2D eigenvalue weighted by Crippen LogP contribution is -1.75. The van der Waals surface area contributed by atoms with Gasteiger partial charge >= 0.3 is 0 Å². The summed E-state index contributed by atoms with van der Waals surface area (Å²) in [6.07, 6.45) is 5.21. The molecule has 0 saturated heterocycles. The number of hydrogen-bond donors (Lipinski definition) is 0. The van der Waals surface area contributed by atoms with E-state index in [-0.39, 0.29) is 0 Å². The molecule has 0 nitrogen and oxygen atoms in total. The third-order valence-corrected chi connectivity index (χ3v) is 2.95. The van der Waals surface area contributed by atoms with Crippen molar-refractivity contribution in [2.45, 2.75) is 6.42 Å². The Balaban J connectivity index is 2.81. The summed E-state index contributed by atoms with van der Waals surface area (Å²) in [5.74, 6) is 0. The third-order valence-electron chi connectivity index (χ3n) is 1.53. The first kappa shape index (κ1) is 11.3. The Kier molecular flexibility index (Phi) is 5.07. The minimum atomic E-state index is 0.765. The van der Waals surface area contributed by atoms with E-state index in [1.807, 2.05) is 18.2 Å². The molecule has 1 rings (SSSR count). The maximum Gasteiger partial charge on any atom is 0.0412 e. The molecule has 0 aliphatic rings. The van der Waals surface area contributed by atoms with E-state index in [9.17, 15) is 0 Å². The summed E-state index contributed by atoms with van der Waals surface area (Å²) in [5.41, 5.74) is 1.12. The van der Waals surface area contributed by atoms with Gasteiger partial charge in [-0.05, 0) is 30.2 Å². The highest BCUT2D eigenvalue weighted by Crippen LogP contribution is 2.22. The predicted octanol–water partition coefficient (Wildman–Crippen LogP) is 4.90. The van der Waals surface area contributed by atoms with Gasteiger partial charge in [0.05, 0.1) is 0 Å². The topological polar surface area (TPSA) is 0 Å². The second kappa shape index (κ2) is 5.84. The summed E-state index contributed by atoms with van der Waals surface area (Å²) >= 11 is 12.7. The van der Waals surface area contributed by atoms with Gasteiger partial charge in [-0.1, -0.05) is 55.6 Å². The maximum absolute atomic E-state index is 5.87. The van der Waals surface area contributed by atoms with Crippen molar-refractivity contribution in [3.05, 3.63) is 39.3 Å². The van der Waals surface area contributed by atoms with Crippen molar-refractivity contribution < 1.29 is 0 Å². The Labute approximate surface area is 100 Å². The Morgan fingerprint density at radius 2 is 2.15 bits per heavy atom. The highest BCUT2D eigenvalue weighted by Gasteiger charge is 1.95. The van der Waals surface area contributed by atoms with Gasteiger partial charge in [0.2, 0.25) is 0 Å². The van der Waals surface area contributed by atoms with E-state index in [2.05, 4.69) is 44.0 Å². The van der Waals surface area contributed by atoms with Crippen LogP contribution in [0, 0.1) is 0 Å². The molecule has 0 amide bonds. The molecule has 1 aromatic rings. The summed E-state index contributed by atoms with van der Waals surface area (Å²) in [6.45, 7) is 0. The molecular weight excluding hydrogens is 315 g/mol. The molecule has 0 aliphatic carbocycles. The number of alkyl halides is 1. The van der Waals surface area contributed by atoms with E-state index in [1.165, 1.54) is 0 Å². The molecule has 0 N–H and O–H groups in total. The molecule has 0 aromatic heterocycles. The minimum absolute atomic E-state index is 0.765. The first-order valence-electron chi connectivity index (χ1n) is 3.91. The fourth-order valence-electron chi connectivity index (χ4n) is 0.916. The number of allylic oxidation sites excluding steroid dienone is 1. The van der Waals surface area contributed by atoms with Gasteiger partial charge in [-0.25, -0.2) is 0 Å². The summed E-state index contributed by atoms with van der Waals surface area (Å²) in [5, 5.41) is 1.75. The van der Waals surface area contributed by atoms with Crippen molar-refractivity contribution in [1.29, 1.82) is 0 Å². The van der Waals surface area contributed by atoms with Gasteiger partial charge in [-0.3, -0.25) is 0 Å². The van der Waals surface area contributed by atoms with Crippen LogP contribution in [-0.4, -0.2) is 5.33 Å². The second-order valence-electron chi connectivity index (χ2n) is 2.55. The number of benzene rings is 1. The molecule has 0 bridgehead atoms. The molecule has 1 aromatic carbocycles. The van der Waals surface area contributed by atoms with Crippen LogP contribution < -0.4 is 0 Å². The molecule has 0 spiro atoms. The van der Waals surface area contributed by atoms with Crippen LogP contribution in [0.3, 0.4) is 0 Å². The lowest BCUT2D eigenvalue weighted by Gasteiger charge is -1.98. The van der Waals surface area contributed by atoms with Gasteiger partial charge in [-0.2, -0.15) is 0 Å². The van der Waals surface area contributed by atoms with Crippen LogP contribution >= 0.6 is 43.5 Å². The van der Waals surface area contributed by atoms with Crippen molar-refractivity contribution in [3.63, 3.8) is 0 Å². The Morgan fingerprint density at radius 1 is 1.38 bits per heavy atom. The summed E-state index contributed by atoms with van der Waals surface area (Å²) in [7, 11) is 0. The zero-order valence-electron chi connectivity index (χ0n) is 6.93. The second-order valence-corrected chi connectivity index (χ2v) is 4.63. The molecule has 0 unspecified atom stereocenters. The fraction of sp³-hybridized carbons (Fsp3) is 0.200. The lowest BCUT2D eigenvalue weighted by atomic mass is 10.2. The monoisotopic (exact) mass is 322 g/mol. The highest BCUT2D eigenvalue weighted by atomic mass is 79.9. The number of halogens is 3. The molecule has 0 saturated carbocycles. The number of rotatable bonds is 3. The Morgan fingerprint density at radius 3 is 2.85 bits per heavy atom. The first-order valence-corrected chi connectivity index (χ1v) is 6.21. The average molecular weight is 324 g/mol. The summed E-state index contributed by atoms with van der Waals surface area (Å²) in [4.78, 5) is 0. The average Bonchev–Trinajstić information content (AvgIpc) is 2.11. The number of hydrogen-bond acceptors (Lipinski definition) is 0. The van der Waals surface area contributed by atoms with Crippen molar-refractivity contribution in [3.8, 4) is 0 Å².